The van der Waals surface area contributed by atoms with Crippen LogP contribution in [0.1, 0.15) is 44.4 Å². The zero-order chi connectivity index (χ0) is 16.4. The molecule has 0 fully saturated rings. The molecule has 0 radical (unpaired) electrons. The predicted molar refractivity (Wildman–Crippen MR) is 86.6 cm³/mol. The van der Waals surface area contributed by atoms with E-state index in [0.717, 1.165) is 11.3 Å². The van der Waals surface area contributed by atoms with E-state index >= 15 is 0 Å². The Balaban J connectivity index is 1.85. The molecular weight excluding hydrogens is 292 g/mol. The van der Waals surface area contributed by atoms with Crippen LogP contribution in [0, 0.1) is 0 Å². The minimum atomic E-state index is -0.339. The number of nitrogens with one attached hydrogen (secondary N) is 1. The topological polar surface area (TPSA) is 66.5 Å². The van der Waals surface area contributed by atoms with E-state index in [0.29, 0.717) is 28.9 Å². The third-order valence-electron chi connectivity index (χ3n) is 3.72. The van der Waals surface area contributed by atoms with Crippen LogP contribution >= 0.6 is 0 Å². The lowest BCUT2D eigenvalue weighted by molar-refractivity contribution is 0.0923. The van der Waals surface area contributed by atoms with E-state index in [9.17, 15) is 14.4 Å². The first-order chi connectivity index (χ1) is 11.1. The van der Waals surface area contributed by atoms with Crippen LogP contribution in [0.25, 0.3) is 0 Å². The Morgan fingerprint density at radius 1 is 0.957 bits per heavy atom. The molecule has 1 N–H and O–H groups in total. The van der Waals surface area contributed by atoms with Gasteiger partial charge in [0.15, 0.2) is 0 Å². The number of carbonyl (C=O) groups is 3. The van der Waals surface area contributed by atoms with Crippen LogP contribution in [-0.4, -0.2) is 24.3 Å². The molecule has 1 aliphatic rings. The second-order valence-electron chi connectivity index (χ2n) is 5.29. The van der Waals surface area contributed by atoms with Crippen molar-refractivity contribution in [2.75, 3.05) is 11.4 Å². The van der Waals surface area contributed by atoms with Crippen molar-refractivity contribution >= 4 is 23.4 Å². The smallest absolute Gasteiger partial charge is 0.266 e. The number of fused-ring (bicyclic) bond motifs is 1. The van der Waals surface area contributed by atoms with Crippen molar-refractivity contribution in [2.24, 2.45) is 0 Å². The van der Waals surface area contributed by atoms with E-state index < -0.39 is 0 Å². The summed E-state index contributed by atoms with van der Waals surface area (Å²) < 4.78 is 0. The van der Waals surface area contributed by atoms with Gasteiger partial charge in [-0.25, -0.2) is 4.90 Å². The number of hydrogen-bond donors (Lipinski definition) is 1. The van der Waals surface area contributed by atoms with Crippen LogP contribution in [-0.2, 0) is 0 Å². The molecule has 0 aliphatic carbocycles. The lowest BCUT2D eigenvalue weighted by Crippen LogP contribution is -2.29. The lowest BCUT2D eigenvalue weighted by Gasteiger charge is -2.14. The van der Waals surface area contributed by atoms with Gasteiger partial charge in [-0.15, -0.1) is 0 Å². The number of hydrogen-bond acceptors (Lipinski definition) is 3. The third kappa shape index (κ3) is 2.61. The second-order valence-corrected chi connectivity index (χ2v) is 5.29. The molecule has 116 valence electrons. The number of rotatable bonds is 4. The molecule has 0 aromatic heterocycles. The summed E-state index contributed by atoms with van der Waals surface area (Å²) in [6, 6.07) is 13.2. The van der Waals surface area contributed by atoms with Crippen LogP contribution in [0.2, 0.25) is 0 Å². The zero-order valence-corrected chi connectivity index (χ0v) is 12.7. The van der Waals surface area contributed by atoms with Crippen LogP contribution in [0.4, 0.5) is 5.69 Å². The summed E-state index contributed by atoms with van der Waals surface area (Å²) in [5, 5.41) is 2.78. The lowest BCUT2D eigenvalue weighted by atomic mass is 10.1. The van der Waals surface area contributed by atoms with Crippen molar-refractivity contribution in [2.45, 2.75) is 13.3 Å². The van der Waals surface area contributed by atoms with E-state index in [1.807, 2.05) is 6.92 Å². The monoisotopic (exact) mass is 308 g/mol. The summed E-state index contributed by atoms with van der Waals surface area (Å²) in [6.45, 7) is 2.59. The molecule has 5 heteroatoms. The molecule has 5 nitrogen and oxygen atoms in total. The minimum Gasteiger partial charge on any atom is -0.352 e. The molecule has 3 rings (SSSR count). The maximum absolute atomic E-state index is 12.4. The fourth-order valence-corrected chi connectivity index (χ4v) is 2.53. The van der Waals surface area contributed by atoms with Crippen molar-refractivity contribution in [3.05, 3.63) is 65.2 Å². The molecule has 1 aliphatic heterocycles. The molecule has 0 saturated carbocycles. The van der Waals surface area contributed by atoms with Gasteiger partial charge >= 0.3 is 0 Å². The van der Waals surface area contributed by atoms with Crippen molar-refractivity contribution in [3.8, 4) is 0 Å². The maximum atomic E-state index is 12.4. The normalized spacial score (nSPS) is 13.2. The van der Waals surface area contributed by atoms with Gasteiger partial charge in [0.2, 0.25) is 0 Å². The van der Waals surface area contributed by atoms with E-state index in [2.05, 4.69) is 5.32 Å². The predicted octanol–water partition coefficient (Wildman–Crippen LogP) is 2.63. The fraction of sp³-hybridized carbons (Fsp3) is 0.167. The Bertz CT molecular complexity index is 746. The Morgan fingerprint density at radius 3 is 2.04 bits per heavy atom. The first-order valence-corrected chi connectivity index (χ1v) is 7.49. The molecule has 2 aromatic rings. The van der Waals surface area contributed by atoms with Gasteiger partial charge < -0.3 is 5.32 Å². The van der Waals surface area contributed by atoms with Crippen molar-refractivity contribution in [1.82, 2.24) is 5.32 Å². The van der Waals surface area contributed by atoms with E-state index in [4.69, 9.17) is 0 Å². The average molecular weight is 308 g/mol. The highest BCUT2D eigenvalue weighted by Gasteiger charge is 2.36. The van der Waals surface area contributed by atoms with Crippen LogP contribution < -0.4 is 10.2 Å². The number of nitrogens with zero attached hydrogens (tertiary/aromatic N) is 1. The van der Waals surface area contributed by atoms with Gasteiger partial charge in [-0.1, -0.05) is 19.1 Å². The van der Waals surface area contributed by atoms with Crippen LogP contribution in [0.15, 0.2) is 48.5 Å². The Kier molecular flexibility index (Phi) is 3.93. The van der Waals surface area contributed by atoms with Gasteiger partial charge in [-0.2, -0.15) is 0 Å². The zero-order valence-electron chi connectivity index (χ0n) is 12.7. The van der Waals surface area contributed by atoms with Gasteiger partial charge in [0, 0.05) is 12.1 Å². The van der Waals surface area contributed by atoms with E-state index in [1.165, 1.54) is 0 Å². The molecule has 23 heavy (non-hydrogen) atoms. The molecule has 2 aromatic carbocycles. The number of carbonyl (C=O) groups excluding carboxylic acids is 3. The number of amides is 3. The van der Waals surface area contributed by atoms with Gasteiger partial charge in [0.1, 0.15) is 0 Å². The molecule has 0 spiro atoms. The molecule has 0 atom stereocenters. The van der Waals surface area contributed by atoms with Crippen molar-refractivity contribution in [3.63, 3.8) is 0 Å². The summed E-state index contributed by atoms with van der Waals surface area (Å²) >= 11 is 0. The summed E-state index contributed by atoms with van der Waals surface area (Å²) in [6.07, 6.45) is 0.860. The summed E-state index contributed by atoms with van der Waals surface area (Å²) in [5.41, 5.74) is 1.77. The van der Waals surface area contributed by atoms with E-state index in [-0.39, 0.29) is 17.7 Å². The first kappa shape index (κ1) is 15.0. The Hall–Kier alpha value is -2.95. The number of imide groups is 1. The van der Waals surface area contributed by atoms with Gasteiger partial charge in [-0.3, -0.25) is 14.4 Å². The molecule has 3 amide bonds. The van der Waals surface area contributed by atoms with Gasteiger partial charge in [0.05, 0.1) is 16.8 Å². The fourth-order valence-electron chi connectivity index (χ4n) is 2.53. The molecule has 0 saturated heterocycles. The van der Waals surface area contributed by atoms with Gasteiger partial charge in [-0.05, 0) is 42.8 Å². The molecule has 1 heterocycles. The Labute approximate surface area is 133 Å². The Morgan fingerprint density at radius 2 is 1.52 bits per heavy atom. The average Bonchev–Trinajstić information content (AvgIpc) is 2.84. The second kappa shape index (κ2) is 6.04. The highest BCUT2D eigenvalue weighted by Crippen LogP contribution is 2.28. The van der Waals surface area contributed by atoms with E-state index in [1.54, 1.807) is 48.5 Å². The van der Waals surface area contributed by atoms with Crippen LogP contribution in [0.5, 0.6) is 0 Å². The SMILES string of the molecule is CCCNC(=O)c1ccc(N2C(=O)c3ccccc3C2=O)cc1. The highest BCUT2D eigenvalue weighted by molar-refractivity contribution is 6.34. The standard InChI is InChI=1S/C18H16N2O3/c1-2-11-19-16(21)12-7-9-13(10-8-12)20-17(22)14-5-3-4-6-15(14)18(20)23/h3-10H,2,11H2,1H3,(H,19,21). The summed E-state index contributed by atoms with van der Waals surface area (Å²) in [5.74, 6) is -0.844. The summed E-state index contributed by atoms with van der Waals surface area (Å²) in [7, 11) is 0. The highest BCUT2D eigenvalue weighted by atomic mass is 16.2. The molecular formula is C18H16N2O3. The van der Waals surface area contributed by atoms with Crippen LogP contribution in [0.3, 0.4) is 0 Å². The summed E-state index contributed by atoms with van der Waals surface area (Å²) in [4.78, 5) is 37.8. The van der Waals surface area contributed by atoms with Crippen molar-refractivity contribution < 1.29 is 14.4 Å². The van der Waals surface area contributed by atoms with Crippen molar-refractivity contribution in [1.29, 1.82) is 0 Å². The maximum Gasteiger partial charge on any atom is 0.266 e. The minimum absolute atomic E-state index is 0.166. The molecule has 0 unspecified atom stereocenters. The third-order valence-corrected chi connectivity index (χ3v) is 3.72. The number of anilines is 1. The number of benzene rings is 2. The first-order valence-electron chi connectivity index (χ1n) is 7.49. The van der Waals surface area contributed by atoms with Gasteiger partial charge in [0.25, 0.3) is 17.7 Å². The largest absolute Gasteiger partial charge is 0.352 e. The quantitative estimate of drug-likeness (QED) is 0.883. The molecule has 0 bridgehead atoms.